The lowest BCUT2D eigenvalue weighted by Crippen LogP contribution is -2.29. The molecule has 0 aliphatic carbocycles. The number of aliphatic hydroxyl groups is 2. The van der Waals surface area contributed by atoms with Crippen molar-refractivity contribution in [3.8, 4) is 0 Å². The van der Waals surface area contributed by atoms with Crippen molar-refractivity contribution in [3.63, 3.8) is 0 Å². The molecule has 11 heteroatoms. The number of allylic oxidation sites excluding steroid dienone is 4. The fourth-order valence-electron chi connectivity index (χ4n) is 5.75. The first kappa shape index (κ1) is 51.5. The van der Waals surface area contributed by atoms with Crippen LogP contribution in [0.5, 0.6) is 0 Å². The Bertz CT molecular complexity index is 941. The van der Waals surface area contributed by atoms with E-state index in [1.807, 2.05) is 0 Å². The lowest BCUT2D eigenvalue weighted by molar-refractivity contribution is -0.161. The number of hydrogen-bond donors (Lipinski definition) is 3. The van der Waals surface area contributed by atoms with Crippen molar-refractivity contribution < 1.29 is 47.8 Å². The van der Waals surface area contributed by atoms with E-state index in [0.717, 1.165) is 70.6 Å². The van der Waals surface area contributed by atoms with Crippen LogP contribution in [0.15, 0.2) is 24.3 Å². The molecular weight excluding hydrogens is 695 g/mol. The van der Waals surface area contributed by atoms with E-state index in [2.05, 4.69) is 42.7 Å². The number of ether oxygens (including phenoxy) is 2. The van der Waals surface area contributed by atoms with Crippen molar-refractivity contribution >= 4 is 19.8 Å². The highest BCUT2D eigenvalue weighted by molar-refractivity contribution is 7.47. The van der Waals surface area contributed by atoms with E-state index in [0.29, 0.717) is 12.8 Å². The molecule has 10 nitrogen and oxygen atoms in total. The number of phosphoric acid groups is 1. The molecule has 0 saturated carbocycles. The zero-order chi connectivity index (χ0) is 39.1. The predicted molar refractivity (Wildman–Crippen MR) is 215 cm³/mol. The van der Waals surface area contributed by atoms with E-state index in [4.69, 9.17) is 19.1 Å². The van der Waals surface area contributed by atoms with Crippen LogP contribution in [0.1, 0.15) is 194 Å². The summed E-state index contributed by atoms with van der Waals surface area (Å²) in [5.74, 6) is -0.940. The van der Waals surface area contributed by atoms with Crippen molar-refractivity contribution in [1.82, 2.24) is 0 Å². The van der Waals surface area contributed by atoms with Gasteiger partial charge in [-0.1, -0.05) is 141 Å². The van der Waals surface area contributed by atoms with Gasteiger partial charge in [0.25, 0.3) is 0 Å². The summed E-state index contributed by atoms with van der Waals surface area (Å²) in [6.45, 7) is 2.36. The van der Waals surface area contributed by atoms with E-state index in [-0.39, 0.29) is 19.4 Å². The van der Waals surface area contributed by atoms with Crippen molar-refractivity contribution in [2.45, 2.75) is 206 Å². The molecule has 0 aromatic carbocycles. The molecule has 2 unspecified atom stereocenters. The summed E-state index contributed by atoms with van der Waals surface area (Å²) in [7, 11) is -4.62. The minimum absolute atomic E-state index is 0.174. The molecule has 0 aliphatic heterocycles. The Morgan fingerprint density at radius 1 is 0.547 bits per heavy atom. The van der Waals surface area contributed by atoms with Gasteiger partial charge in [-0.05, 0) is 64.2 Å². The van der Waals surface area contributed by atoms with Gasteiger partial charge < -0.3 is 24.6 Å². The lowest BCUT2D eigenvalue weighted by atomic mass is 10.1. The first-order valence-electron chi connectivity index (χ1n) is 21.3. The molecule has 3 N–H and O–H groups in total. The maximum atomic E-state index is 12.6. The minimum Gasteiger partial charge on any atom is -0.462 e. The van der Waals surface area contributed by atoms with E-state index < -0.39 is 51.8 Å². The summed E-state index contributed by atoms with van der Waals surface area (Å²) in [5.41, 5.74) is 0. The van der Waals surface area contributed by atoms with Crippen LogP contribution in [-0.4, -0.2) is 65.7 Å². The molecule has 3 atom stereocenters. The molecule has 0 heterocycles. The van der Waals surface area contributed by atoms with Crippen LogP contribution in [0.4, 0.5) is 0 Å². The van der Waals surface area contributed by atoms with Crippen molar-refractivity contribution in [2.75, 3.05) is 26.4 Å². The minimum atomic E-state index is -4.62. The predicted octanol–water partition coefficient (Wildman–Crippen LogP) is 11.0. The van der Waals surface area contributed by atoms with Gasteiger partial charge in [-0.25, -0.2) is 4.57 Å². The average molecular weight is 775 g/mol. The van der Waals surface area contributed by atoms with Crippen molar-refractivity contribution in [1.29, 1.82) is 0 Å². The Morgan fingerprint density at radius 2 is 0.925 bits per heavy atom. The van der Waals surface area contributed by atoms with Crippen LogP contribution >= 0.6 is 7.82 Å². The molecule has 0 amide bonds. The zero-order valence-corrected chi connectivity index (χ0v) is 34.6. The molecule has 0 radical (unpaired) electrons. The van der Waals surface area contributed by atoms with Gasteiger partial charge in [0.05, 0.1) is 19.8 Å². The fourth-order valence-corrected chi connectivity index (χ4v) is 6.54. The summed E-state index contributed by atoms with van der Waals surface area (Å²) in [4.78, 5) is 34.9. The fraction of sp³-hybridized carbons (Fsp3) is 0.857. The molecule has 53 heavy (non-hydrogen) atoms. The maximum Gasteiger partial charge on any atom is 0.472 e. The van der Waals surface area contributed by atoms with Gasteiger partial charge in [0, 0.05) is 12.8 Å². The second-order valence-electron chi connectivity index (χ2n) is 14.4. The topological polar surface area (TPSA) is 149 Å². The van der Waals surface area contributed by atoms with Crippen molar-refractivity contribution in [2.24, 2.45) is 0 Å². The Labute approximate surface area is 323 Å². The number of carbonyl (C=O) groups excluding carboxylic acids is 2. The van der Waals surface area contributed by atoms with E-state index in [1.165, 1.54) is 83.5 Å². The summed E-state index contributed by atoms with van der Waals surface area (Å²) in [6.07, 6.45) is 37.1. The van der Waals surface area contributed by atoms with Crippen LogP contribution in [-0.2, 0) is 32.7 Å². The quantitative estimate of drug-likeness (QED) is 0.0238. The standard InChI is InChI=1S/C42H79O10P/c1-3-5-7-9-11-13-15-17-19-21-23-25-27-29-31-33-41(45)49-37-40(38-51-53(47,48)50-36-39(44)35-43)52-42(46)34-32-30-28-26-24-22-20-18-16-14-12-10-8-6-4-2/h17-20,39-40,43-44H,3-16,21-38H2,1-2H3,(H,47,48)/b19-17-,20-18-/t39?,40-/m1/s1. The Balaban J connectivity index is 4.33. The highest BCUT2D eigenvalue weighted by atomic mass is 31.2. The molecule has 0 aromatic rings. The summed E-state index contributed by atoms with van der Waals surface area (Å²) < 4.78 is 32.7. The van der Waals surface area contributed by atoms with Crippen molar-refractivity contribution in [3.05, 3.63) is 24.3 Å². The van der Waals surface area contributed by atoms with Crippen LogP contribution in [0, 0.1) is 0 Å². The smallest absolute Gasteiger partial charge is 0.462 e. The zero-order valence-electron chi connectivity index (χ0n) is 33.7. The summed E-state index contributed by atoms with van der Waals surface area (Å²) in [6, 6.07) is 0. The molecule has 0 saturated heterocycles. The highest BCUT2D eigenvalue weighted by Gasteiger charge is 2.27. The van der Waals surface area contributed by atoms with Gasteiger partial charge in [0.2, 0.25) is 0 Å². The number of aliphatic hydroxyl groups excluding tert-OH is 2. The van der Waals surface area contributed by atoms with Crippen LogP contribution in [0.2, 0.25) is 0 Å². The van der Waals surface area contributed by atoms with Crippen LogP contribution in [0.25, 0.3) is 0 Å². The number of phosphoric ester groups is 1. The molecule has 0 rings (SSSR count). The number of unbranched alkanes of at least 4 members (excludes halogenated alkanes) is 22. The van der Waals surface area contributed by atoms with Gasteiger partial charge in [0.1, 0.15) is 12.7 Å². The third kappa shape index (κ3) is 38.5. The number of carbonyl (C=O) groups is 2. The second-order valence-corrected chi connectivity index (χ2v) is 15.8. The third-order valence-corrected chi connectivity index (χ3v) is 10.0. The first-order chi connectivity index (χ1) is 25.7. The molecular formula is C42H79O10P. The first-order valence-corrected chi connectivity index (χ1v) is 22.8. The van der Waals surface area contributed by atoms with E-state index >= 15 is 0 Å². The van der Waals surface area contributed by atoms with E-state index in [1.54, 1.807) is 0 Å². The summed E-state index contributed by atoms with van der Waals surface area (Å²) in [5, 5.41) is 18.3. The van der Waals surface area contributed by atoms with Crippen LogP contribution in [0.3, 0.4) is 0 Å². The van der Waals surface area contributed by atoms with Gasteiger partial charge in [-0.2, -0.15) is 0 Å². The lowest BCUT2D eigenvalue weighted by Gasteiger charge is -2.20. The molecule has 0 aliphatic rings. The monoisotopic (exact) mass is 775 g/mol. The molecule has 312 valence electrons. The van der Waals surface area contributed by atoms with Crippen LogP contribution < -0.4 is 0 Å². The third-order valence-electron chi connectivity index (χ3n) is 9.08. The molecule has 0 bridgehead atoms. The Hall–Kier alpha value is -1.55. The second kappa shape index (κ2) is 38.7. The average Bonchev–Trinajstić information content (AvgIpc) is 3.14. The van der Waals surface area contributed by atoms with Gasteiger partial charge in [-0.15, -0.1) is 0 Å². The molecule has 0 fully saturated rings. The molecule has 0 spiro atoms. The maximum absolute atomic E-state index is 12.6. The van der Waals surface area contributed by atoms with Gasteiger partial charge in [0.15, 0.2) is 6.10 Å². The number of esters is 2. The van der Waals surface area contributed by atoms with E-state index in [9.17, 15) is 24.2 Å². The SMILES string of the molecule is CCCCCCCC/C=C\CCCCCCCC(=O)OC[C@H](COP(=O)(O)OCC(O)CO)OC(=O)CCCCCCC/C=C\CCCCCCCC. The normalized spacial score (nSPS) is 14.1. The Kier molecular flexibility index (Phi) is 37.6. The Morgan fingerprint density at radius 3 is 1.36 bits per heavy atom. The van der Waals surface area contributed by atoms with Gasteiger partial charge in [-0.3, -0.25) is 18.6 Å². The largest absolute Gasteiger partial charge is 0.472 e. The number of rotatable bonds is 40. The van der Waals surface area contributed by atoms with Gasteiger partial charge >= 0.3 is 19.8 Å². The highest BCUT2D eigenvalue weighted by Crippen LogP contribution is 2.43. The molecule has 0 aromatic heterocycles. The number of hydrogen-bond acceptors (Lipinski definition) is 9. The summed E-state index contributed by atoms with van der Waals surface area (Å²) >= 11 is 0.